The molecule has 0 saturated carbocycles. The highest BCUT2D eigenvalue weighted by atomic mass is 35.5. The van der Waals surface area contributed by atoms with Gasteiger partial charge in [0.05, 0.1) is 16.9 Å². The highest BCUT2D eigenvalue weighted by molar-refractivity contribution is 6.49. The minimum absolute atomic E-state index is 0.0127. The number of anilines is 1. The highest BCUT2D eigenvalue weighted by Gasteiger charge is 2.23. The minimum atomic E-state index is -0.262. The quantitative estimate of drug-likeness (QED) is 0.756. The van der Waals surface area contributed by atoms with Crippen molar-refractivity contribution in [2.75, 3.05) is 31.5 Å². The molecule has 4 rings (SSSR count). The number of carbonyl (C=O) groups is 1. The van der Waals surface area contributed by atoms with Crippen LogP contribution in [-0.4, -0.2) is 52.2 Å². The van der Waals surface area contributed by atoms with Gasteiger partial charge in [-0.15, -0.1) is 5.10 Å². The third-order valence-electron chi connectivity index (χ3n) is 5.09. The summed E-state index contributed by atoms with van der Waals surface area (Å²) in [5, 5.41) is 8.04. The van der Waals surface area contributed by atoms with Gasteiger partial charge in [-0.2, -0.15) is 0 Å². The van der Waals surface area contributed by atoms with Crippen molar-refractivity contribution >= 4 is 40.1 Å². The van der Waals surface area contributed by atoms with Crippen LogP contribution >= 0.6 is 11.6 Å². The fourth-order valence-corrected chi connectivity index (χ4v) is 3.77. The van der Waals surface area contributed by atoms with Crippen LogP contribution in [0.3, 0.4) is 0 Å². The van der Waals surface area contributed by atoms with Crippen LogP contribution in [0.15, 0.2) is 51.8 Å². The van der Waals surface area contributed by atoms with Crippen molar-refractivity contribution in [3.05, 3.63) is 46.8 Å². The second kappa shape index (κ2) is 7.77. The van der Waals surface area contributed by atoms with E-state index in [0.717, 1.165) is 31.7 Å². The number of fused-ring (bicyclic) bond motifs is 1. The number of aromatic nitrogens is 2. The Kier molecular flexibility index (Phi) is 5.19. The minimum Gasteiger partial charge on any atom is -0.396 e. The molecule has 28 heavy (non-hydrogen) atoms. The predicted octanol–water partition coefficient (Wildman–Crippen LogP) is 2.85. The molecule has 3 N–H and O–H groups in total. The van der Waals surface area contributed by atoms with Crippen LogP contribution in [0.4, 0.5) is 11.5 Å². The number of carbonyl (C=O) groups excluding carboxylic acids is 1. The molecule has 0 radical (unpaired) electrons. The van der Waals surface area contributed by atoms with E-state index in [1.165, 1.54) is 12.8 Å². The molecule has 2 aromatic heterocycles. The van der Waals surface area contributed by atoms with E-state index in [1.807, 2.05) is 24.4 Å². The number of rotatable bonds is 5. The average molecular weight is 399 g/mol. The molecule has 2 aliphatic rings. The normalized spacial score (nSPS) is 19.7. The van der Waals surface area contributed by atoms with Crippen LogP contribution in [0.25, 0.3) is 5.52 Å². The van der Waals surface area contributed by atoms with Gasteiger partial charge in [-0.05, 0) is 51.1 Å². The van der Waals surface area contributed by atoms with E-state index in [1.54, 1.807) is 17.5 Å². The lowest BCUT2D eigenvalue weighted by Crippen LogP contribution is -2.26. The third kappa shape index (κ3) is 3.55. The van der Waals surface area contributed by atoms with E-state index in [9.17, 15) is 4.79 Å². The van der Waals surface area contributed by atoms with Crippen molar-refractivity contribution in [1.82, 2.24) is 14.5 Å². The van der Waals surface area contributed by atoms with Gasteiger partial charge in [0, 0.05) is 24.9 Å². The standard InChI is InChI=1S/C20H23ClN6O/c1-13-12-14(17(22)16(21)19(13)28)24-18-15-6-2-3-10-27(15)25-20(18)23-7-11-26-8-4-5-9-26/h2-3,6,10,12H,4-5,7-9,11,22H2,1H3,(H,23,25). The van der Waals surface area contributed by atoms with Crippen LogP contribution in [0.1, 0.15) is 19.8 Å². The first-order valence-corrected chi connectivity index (χ1v) is 9.83. The van der Waals surface area contributed by atoms with Gasteiger partial charge in [0.15, 0.2) is 5.82 Å². The van der Waals surface area contributed by atoms with Crippen LogP contribution in [0, 0.1) is 0 Å². The molecule has 7 nitrogen and oxygen atoms in total. The van der Waals surface area contributed by atoms with Crippen LogP contribution in [0.2, 0.25) is 0 Å². The van der Waals surface area contributed by atoms with E-state index in [-0.39, 0.29) is 16.5 Å². The van der Waals surface area contributed by atoms with Gasteiger partial charge in [0.25, 0.3) is 0 Å². The van der Waals surface area contributed by atoms with Gasteiger partial charge in [-0.3, -0.25) is 4.79 Å². The Bertz CT molecular complexity index is 1010. The van der Waals surface area contributed by atoms with Gasteiger partial charge in [0.2, 0.25) is 5.78 Å². The smallest absolute Gasteiger partial charge is 0.202 e. The van der Waals surface area contributed by atoms with Gasteiger partial charge in [-0.1, -0.05) is 17.7 Å². The van der Waals surface area contributed by atoms with Crippen molar-refractivity contribution in [2.24, 2.45) is 10.7 Å². The number of likely N-dealkylation sites (tertiary alicyclic amines) is 1. The summed E-state index contributed by atoms with van der Waals surface area (Å²) in [4.78, 5) is 19.2. The van der Waals surface area contributed by atoms with Crippen molar-refractivity contribution in [3.63, 3.8) is 0 Å². The molecule has 1 saturated heterocycles. The van der Waals surface area contributed by atoms with E-state index in [0.29, 0.717) is 22.8 Å². The third-order valence-corrected chi connectivity index (χ3v) is 5.46. The Hall–Kier alpha value is -2.64. The number of aliphatic imine (C=N–C) groups is 1. The lowest BCUT2D eigenvalue weighted by atomic mass is 10.0. The van der Waals surface area contributed by atoms with Crippen molar-refractivity contribution in [2.45, 2.75) is 19.8 Å². The topological polar surface area (TPSA) is 88.0 Å². The Morgan fingerprint density at radius 3 is 2.89 bits per heavy atom. The fraction of sp³-hybridized carbons (Fsp3) is 0.350. The summed E-state index contributed by atoms with van der Waals surface area (Å²) in [6.45, 7) is 5.75. The molecule has 0 bridgehead atoms. The van der Waals surface area contributed by atoms with E-state index in [2.05, 4.69) is 15.3 Å². The Labute approximate surface area is 168 Å². The number of nitrogens with one attached hydrogen (secondary N) is 1. The van der Waals surface area contributed by atoms with Crippen molar-refractivity contribution in [3.8, 4) is 0 Å². The molecule has 146 valence electrons. The molecule has 0 unspecified atom stereocenters. The summed E-state index contributed by atoms with van der Waals surface area (Å²) in [5.41, 5.74) is 8.78. The van der Waals surface area contributed by atoms with Crippen molar-refractivity contribution < 1.29 is 4.79 Å². The number of allylic oxidation sites excluding steroid dienone is 3. The van der Waals surface area contributed by atoms with Gasteiger partial charge < -0.3 is 16.0 Å². The molecule has 0 atom stereocenters. The molecular weight excluding hydrogens is 376 g/mol. The zero-order chi connectivity index (χ0) is 19.7. The Morgan fingerprint density at radius 1 is 1.32 bits per heavy atom. The molecule has 1 aliphatic heterocycles. The summed E-state index contributed by atoms with van der Waals surface area (Å²) in [6, 6.07) is 5.80. The van der Waals surface area contributed by atoms with Crippen LogP contribution in [-0.2, 0) is 4.79 Å². The van der Waals surface area contributed by atoms with Crippen LogP contribution in [0.5, 0.6) is 0 Å². The number of Topliss-reactive ketones (excluding diaryl/α,β-unsaturated/α-hetero) is 1. The fourth-order valence-electron chi connectivity index (χ4n) is 3.52. The number of hydrogen-bond donors (Lipinski definition) is 2. The highest BCUT2D eigenvalue weighted by Crippen LogP contribution is 2.31. The molecule has 3 heterocycles. The Balaban J connectivity index is 1.68. The molecule has 0 spiro atoms. The van der Waals surface area contributed by atoms with Crippen molar-refractivity contribution in [1.29, 1.82) is 0 Å². The predicted molar refractivity (Wildman–Crippen MR) is 112 cm³/mol. The maximum atomic E-state index is 12.0. The maximum Gasteiger partial charge on any atom is 0.202 e. The average Bonchev–Trinajstić information content (AvgIpc) is 3.33. The van der Waals surface area contributed by atoms with Crippen LogP contribution < -0.4 is 11.1 Å². The number of halogens is 1. The van der Waals surface area contributed by atoms with Gasteiger partial charge >= 0.3 is 0 Å². The summed E-state index contributed by atoms with van der Waals surface area (Å²) < 4.78 is 1.78. The molecule has 8 heteroatoms. The van der Waals surface area contributed by atoms with Gasteiger partial charge in [0.1, 0.15) is 10.7 Å². The van der Waals surface area contributed by atoms with E-state index in [4.69, 9.17) is 22.3 Å². The molecule has 0 aromatic carbocycles. The number of ketones is 1. The maximum absolute atomic E-state index is 12.0. The summed E-state index contributed by atoms with van der Waals surface area (Å²) >= 11 is 6.10. The van der Waals surface area contributed by atoms with E-state index >= 15 is 0 Å². The summed E-state index contributed by atoms with van der Waals surface area (Å²) in [7, 11) is 0. The number of nitrogens with zero attached hydrogens (tertiary/aromatic N) is 4. The molecular formula is C20H23ClN6O. The molecule has 0 amide bonds. The second-order valence-electron chi connectivity index (χ2n) is 7.08. The first kappa shape index (κ1) is 18.7. The monoisotopic (exact) mass is 398 g/mol. The SMILES string of the molecule is CC1=CC(=Nc2c(NCCN3CCCC3)nn3ccccc23)C(N)=C(Cl)C1=O. The summed E-state index contributed by atoms with van der Waals surface area (Å²) in [6.07, 6.45) is 6.08. The first-order valence-electron chi connectivity index (χ1n) is 9.45. The second-order valence-corrected chi connectivity index (χ2v) is 7.46. The Morgan fingerprint density at radius 2 is 2.11 bits per heavy atom. The van der Waals surface area contributed by atoms with E-state index < -0.39 is 0 Å². The number of nitrogens with two attached hydrogens (primary N) is 1. The lowest BCUT2D eigenvalue weighted by Gasteiger charge is -2.15. The largest absolute Gasteiger partial charge is 0.396 e. The first-order chi connectivity index (χ1) is 13.5. The molecule has 2 aromatic rings. The lowest BCUT2D eigenvalue weighted by molar-refractivity contribution is -0.111. The number of pyridine rings is 1. The summed E-state index contributed by atoms with van der Waals surface area (Å²) in [5.74, 6) is 0.423. The van der Waals surface area contributed by atoms with Gasteiger partial charge in [-0.25, -0.2) is 9.51 Å². The molecule has 1 aliphatic carbocycles. The molecule has 1 fully saturated rings. The zero-order valence-electron chi connectivity index (χ0n) is 15.8. The zero-order valence-corrected chi connectivity index (χ0v) is 16.5. The number of hydrogen-bond acceptors (Lipinski definition) is 6.